The predicted octanol–water partition coefficient (Wildman–Crippen LogP) is 2.90. The fourth-order valence-electron chi connectivity index (χ4n) is 1.73. The molecule has 3 nitrogen and oxygen atoms in total. The van der Waals surface area contributed by atoms with Crippen molar-refractivity contribution in [2.75, 3.05) is 16.8 Å². The number of fused-ring (bicyclic) bond motifs is 1. The quantitative estimate of drug-likeness (QED) is 0.610. The Bertz CT molecular complexity index is 504. The highest BCUT2D eigenvalue weighted by Crippen LogP contribution is 2.33. The fourth-order valence-corrected chi connectivity index (χ4v) is 2.32. The van der Waals surface area contributed by atoms with E-state index in [-0.39, 0.29) is 10.0 Å². The number of halogens is 3. The van der Waals surface area contributed by atoms with Gasteiger partial charge in [-0.15, -0.1) is 0 Å². The van der Waals surface area contributed by atoms with Gasteiger partial charge in [0.25, 0.3) is 11.7 Å². The molecule has 2 rings (SSSR count). The topological polar surface area (TPSA) is 37.4 Å². The van der Waals surface area contributed by atoms with Gasteiger partial charge in [-0.1, -0.05) is 15.9 Å². The zero-order chi connectivity index (χ0) is 12.6. The molecule has 0 aliphatic carbocycles. The highest BCUT2D eigenvalue weighted by molar-refractivity contribution is 9.10. The molecule has 0 saturated heterocycles. The Kier molecular flexibility index (Phi) is 3.63. The number of anilines is 1. The van der Waals surface area contributed by atoms with Gasteiger partial charge in [-0.25, -0.2) is 4.39 Å². The highest BCUT2D eigenvalue weighted by Gasteiger charge is 2.36. The molecule has 17 heavy (non-hydrogen) atoms. The number of rotatable bonds is 3. The predicted molar refractivity (Wildman–Crippen MR) is 69.2 cm³/mol. The first-order valence-electron chi connectivity index (χ1n) is 4.97. The second-order valence-corrected chi connectivity index (χ2v) is 5.26. The van der Waals surface area contributed by atoms with Crippen LogP contribution in [-0.2, 0) is 4.79 Å². The molecule has 6 heteroatoms. The number of ketones is 1. The Morgan fingerprint density at radius 3 is 2.65 bits per heavy atom. The minimum Gasteiger partial charge on any atom is -0.305 e. The van der Waals surface area contributed by atoms with E-state index in [9.17, 15) is 14.0 Å². The molecular weight excluding hydrogens is 357 g/mol. The maximum Gasteiger partial charge on any atom is 0.299 e. The molecule has 0 saturated carbocycles. The Hall–Kier alpha value is -0.750. The first kappa shape index (κ1) is 12.7. The maximum absolute atomic E-state index is 13.4. The average Bonchev–Trinajstić information content (AvgIpc) is 2.52. The van der Waals surface area contributed by atoms with E-state index in [0.717, 1.165) is 5.33 Å². The third-order valence-electron chi connectivity index (χ3n) is 2.53. The van der Waals surface area contributed by atoms with Crippen LogP contribution in [0.2, 0.25) is 0 Å². The zero-order valence-electron chi connectivity index (χ0n) is 8.67. The highest BCUT2D eigenvalue weighted by atomic mass is 79.9. The third-order valence-corrected chi connectivity index (χ3v) is 3.70. The zero-order valence-corrected chi connectivity index (χ0v) is 11.8. The second-order valence-electron chi connectivity index (χ2n) is 3.61. The molecule has 1 aliphatic rings. The van der Waals surface area contributed by atoms with Crippen LogP contribution in [0.4, 0.5) is 10.1 Å². The lowest BCUT2D eigenvalue weighted by Gasteiger charge is -2.15. The molecule has 0 atom stereocenters. The Balaban J connectivity index is 2.45. The Labute approximate surface area is 114 Å². The Morgan fingerprint density at radius 1 is 1.29 bits per heavy atom. The summed E-state index contributed by atoms with van der Waals surface area (Å²) in [7, 11) is 0. The number of benzene rings is 1. The number of hydrogen-bond acceptors (Lipinski definition) is 2. The fraction of sp³-hybridized carbons (Fsp3) is 0.273. The van der Waals surface area contributed by atoms with Gasteiger partial charge in [0.2, 0.25) is 0 Å². The summed E-state index contributed by atoms with van der Waals surface area (Å²) >= 11 is 6.26. The van der Waals surface area contributed by atoms with Crippen LogP contribution in [0.1, 0.15) is 16.8 Å². The molecule has 0 radical (unpaired) electrons. The summed E-state index contributed by atoms with van der Waals surface area (Å²) in [5.41, 5.74) is 0.625. The van der Waals surface area contributed by atoms with Crippen molar-refractivity contribution >= 4 is 49.2 Å². The van der Waals surface area contributed by atoms with Crippen molar-refractivity contribution in [2.24, 2.45) is 0 Å². The van der Waals surface area contributed by atoms with E-state index in [1.165, 1.54) is 17.0 Å². The van der Waals surface area contributed by atoms with Gasteiger partial charge in [0.1, 0.15) is 5.82 Å². The number of nitrogens with zero attached hydrogens (tertiary/aromatic N) is 1. The molecule has 1 heterocycles. The van der Waals surface area contributed by atoms with E-state index >= 15 is 0 Å². The van der Waals surface area contributed by atoms with Crippen LogP contribution < -0.4 is 4.90 Å². The van der Waals surface area contributed by atoms with Crippen molar-refractivity contribution in [2.45, 2.75) is 6.42 Å². The second kappa shape index (κ2) is 4.86. The van der Waals surface area contributed by atoms with Crippen molar-refractivity contribution in [3.05, 3.63) is 28.0 Å². The summed E-state index contributed by atoms with van der Waals surface area (Å²) in [6.07, 6.45) is 0.705. The normalized spacial score (nSPS) is 14.4. The molecule has 1 aliphatic heterocycles. The van der Waals surface area contributed by atoms with Gasteiger partial charge in [-0.2, -0.15) is 0 Å². The molecule has 90 valence electrons. The van der Waals surface area contributed by atoms with Crippen molar-refractivity contribution in [3.63, 3.8) is 0 Å². The van der Waals surface area contributed by atoms with Gasteiger partial charge in [0, 0.05) is 11.9 Å². The monoisotopic (exact) mass is 363 g/mol. The van der Waals surface area contributed by atoms with E-state index in [0.29, 0.717) is 18.7 Å². The van der Waals surface area contributed by atoms with Crippen LogP contribution in [0, 0.1) is 5.82 Å². The number of hydrogen-bond donors (Lipinski definition) is 0. The molecule has 0 fully saturated rings. The van der Waals surface area contributed by atoms with Crippen LogP contribution >= 0.6 is 31.9 Å². The van der Waals surface area contributed by atoms with Crippen molar-refractivity contribution in [3.8, 4) is 0 Å². The third kappa shape index (κ3) is 2.15. The van der Waals surface area contributed by atoms with Crippen LogP contribution in [-0.4, -0.2) is 23.6 Å². The van der Waals surface area contributed by atoms with E-state index in [1.807, 2.05) is 0 Å². The van der Waals surface area contributed by atoms with Gasteiger partial charge in [0.05, 0.1) is 15.7 Å². The number of alkyl halides is 1. The van der Waals surface area contributed by atoms with Crippen LogP contribution in [0.25, 0.3) is 0 Å². The summed E-state index contributed by atoms with van der Waals surface area (Å²) in [6, 6.07) is 2.58. The average molecular weight is 365 g/mol. The molecular formula is C11H8Br2FNO2. The largest absolute Gasteiger partial charge is 0.305 e. The standard InChI is InChI=1S/C11H8Br2FNO2/c12-2-1-3-15-9-5-8(14)7(13)4-6(9)10(16)11(15)17/h4-5H,1-3H2. The number of carbonyl (C=O) groups is 2. The molecule has 1 aromatic carbocycles. The van der Waals surface area contributed by atoms with Crippen LogP contribution in [0.3, 0.4) is 0 Å². The van der Waals surface area contributed by atoms with Crippen molar-refractivity contribution in [1.29, 1.82) is 0 Å². The number of carbonyl (C=O) groups excluding carboxylic acids is 2. The maximum atomic E-state index is 13.4. The minimum atomic E-state index is -0.585. The summed E-state index contributed by atoms with van der Waals surface area (Å²) in [4.78, 5) is 24.7. The van der Waals surface area contributed by atoms with Gasteiger partial charge >= 0.3 is 0 Å². The van der Waals surface area contributed by atoms with E-state index < -0.39 is 17.5 Å². The summed E-state index contributed by atoms with van der Waals surface area (Å²) < 4.78 is 13.6. The van der Waals surface area contributed by atoms with Gasteiger partial charge in [-0.3, -0.25) is 9.59 Å². The van der Waals surface area contributed by atoms with Gasteiger partial charge in [-0.05, 0) is 34.5 Å². The SMILES string of the molecule is O=C1C(=O)N(CCCBr)c2cc(F)c(Br)cc21. The molecule has 0 bridgehead atoms. The molecule has 0 unspecified atom stereocenters. The van der Waals surface area contributed by atoms with Crippen molar-refractivity contribution in [1.82, 2.24) is 0 Å². The van der Waals surface area contributed by atoms with E-state index in [4.69, 9.17) is 0 Å². The molecule has 0 aromatic heterocycles. The molecule has 0 spiro atoms. The first-order chi connectivity index (χ1) is 8.06. The van der Waals surface area contributed by atoms with Crippen LogP contribution in [0.5, 0.6) is 0 Å². The Morgan fingerprint density at radius 2 is 2.00 bits per heavy atom. The summed E-state index contributed by atoms with van der Waals surface area (Å²) in [5, 5.41) is 0.722. The first-order valence-corrected chi connectivity index (χ1v) is 6.89. The van der Waals surface area contributed by atoms with E-state index in [1.54, 1.807) is 0 Å². The molecule has 1 aromatic rings. The minimum absolute atomic E-state index is 0.194. The lowest BCUT2D eigenvalue weighted by molar-refractivity contribution is -0.114. The summed E-state index contributed by atoms with van der Waals surface area (Å²) in [5.74, 6) is -1.64. The lowest BCUT2D eigenvalue weighted by Crippen LogP contribution is -2.30. The summed E-state index contributed by atoms with van der Waals surface area (Å²) in [6.45, 7) is 0.407. The lowest BCUT2D eigenvalue weighted by atomic mass is 10.1. The van der Waals surface area contributed by atoms with Crippen molar-refractivity contribution < 1.29 is 14.0 Å². The van der Waals surface area contributed by atoms with E-state index in [2.05, 4.69) is 31.9 Å². The van der Waals surface area contributed by atoms with Gasteiger partial charge in [0.15, 0.2) is 0 Å². The van der Waals surface area contributed by atoms with Gasteiger partial charge < -0.3 is 4.90 Å². The number of amides is 1. The smallest absolute Gasteiger partial charge is 0.299 e. The molecule has 1 amide bonds. The number of Topliss-reactive ketones (excluding diaryl/α,β-unsaturated/α-hetero) is 1. The molecule has 0 N–H and O–H groups in total. The van der Waals surface area contributed by atoms with Crippen LogP contribution in [0.15, 0.2) is 16.6 Å².